The molecule has 2 aromatic rings. The largest absolute Gasteiger partial charge is 0.506 e. The summed E-state index contributed by atoms with van der Waals surface area (Å²) >= 11 is 0. The quantitative estimate of drug-likeness (QED) is 0.410. The molecule has 0 spiro atoms. The second-order valence-electron chi connectivity index (χ2n) is 7.58. The van der Waals surface area contributed by atoms with Crippen molar-refractivity contribution in [2.24, 2.45) is 0 Å². The van der Waals surface area contributed by atoms with Gasteiger partial charge in [-0.3, -0.25) is 4.79 Å². The van der Waals surface area contributed by atoms with Gasteiger partial charge in [0.2, 0.25) is 0 Å². The average molecular weight is 403 g/mol. The third-order valence-electron chi connectivity index (χ3n) is 5.17. The van der Waals surface area contributed by atoms with Crippen molar-refractivity contribution in [1.82, 2.24) is 10.2 Å². The molecule has 2 rings (SSSR count). The van der Waals surface area contributed by atoms with Gasteiger partial charge in [0.1, 0.15) is 11.3 Å². The van der Waals surface area contributed by atoms with Crippen LogP contribution in [0.4, 0.5) is 0 Å². The summed E-state index contributed by atoms with van der Waals surface area (Å²) in [5.74, 6) is -0.906. The van der Waals surface area contributed by atoms with Crippen LogP contribution in [0.15, 0.2) is 27.4 Å². The van der Waals surface area contributed by atoms with Gasteiger partial charge in [-0.25, -0.2) is 4.79 Å². The molecule has 0 aliphatic heterocycles. The van der Waals surface area contributed by atoms with E-state index in [1.165, 1.54) is 25.7 Å². The van der Waals surface area contributed by atoms with E-state index in [9.17, 15) is 14.7 Å². The summed E-state index contributed by atoms with van der Waals surface area (Å²) in [6, 6.07) is 5.18. The van der Waals surface area contributed by atoms with Crippen LogP contribution in [0, 0.1) is 6.92 Å². The molecule has 0 radical (unpaired) electrons. The van der Waals surface area contributed by atoms with E-state index in [4.69, 9.17) is 4.42 Å². The van der Waals surface area contributed by atoms with Crippen molar-refractivity contribution in [2.45, 2.75) is 59.3 Å². The highest BCUT2D eigenvalue weighted by molar-refractivity contribution is 6.01. The van der Waals surface area contributed by atoms with Crippen LogP contribution in [0.3, 0.4) is 0 Å². The fraction of sp³-hybridized carbons (Fsp3) is 0.565. The molecule has 0 unspecified atom stereocenters. The molecule has 0 aliphatic rings. The number of carbonyl (C=O) groups is 1. The first kappa shape index (κ1) is 22.9. The van der Waals surface area contributed by atoms with Gasteiger partial charge in [0.25, 0.3) is 5.91 Å². The molecule has 6 heteroatoms. The molecule has 0 saturated carbocycles. The molecular formula is C23H34N2O4. The lowest BCUT2D eigenvalue weighted by molar-refractivity contribution is 0.0946. The molecule has 0 saturated heterocycles. The number of rotatable bonds is 12. The minimum absolute atomic E-state index is 0.311. The molecule has 29 heavy (non-hydrogen) atoms. The predicted molar refractivity (Wildman–Crippen MR) is 117 cm³/mol. The summed E-state index contributed by atoms with van der Waals surface area (Å²) in [6.45, 7) is 9.90. The zero-order valence-electron chi connectivity index (χ0n) is 17.9. The molecule has 0 atom stereocenters. The number of nitrogens with zero attached hydrogens (tertiary/aromatic N) is 1. The van der Waals surface area contributed by atoms with Crippen molar-refractivity contribution in [3.63, 3.8) is 0 Å². The minimum atomic E-state index is -0.813. The van der Waals surface area contributed by atoms with Gasteiger partial charge in [0, 0.05) is 6.54 Å². The fourth-order valence-corrected chi connectivity index (χ4v) is 3.40. The van der Waals surface area contributed by atoms with Crippen LogP contribution in [0.25, 0.3) is 11.0 Å². The Labute approximate surface area is 172 Å². The number of carbonyl (C=O) groups excluding carboxylic acids is 1. The second-order valence-corrected chi connectivity index (χ2v) is 7.58. The fourth-order valence-electron chi connectivity index (χ4n) is 3.40. The van der Waals surface area contributed by atoms with Gasteiger partial charge in [-0.2, -0.15) is 0 Å². The monoisotopic (exact) mass is 402 g/mol. The van der Waals surface area contributed by atoms with Gasteiger partial charge in [-0.15, -0.1) is 0 Å². The van der Waals surface area contributed by atoms with E-state index >= 15 is 0 Å². The summed E-state index contributed by atoms with van der Waals surface area (Å²) < 4.78 is 5.28. The first-order valence-electron chi connectivity index (χ1n) is 10.8. The third-order valence-corrected chi connectivity index (χ3v) is 5.17. The molecule has 1 heterocycles. The lowest BCUT2D eigenvalue weighted by Gasteiger charge is -2.21. The molecule has 0 bridgehead atoms. The van der Waals surface area contributed by atoms with Crippen molar-refractivity contribution in [1.29, 1.82) is 0 Å². The first-order chi connectivity index (χ1) is 14.0. The van der Waals surface area contributed by atoms with Crippen LogP contribution in [0.5, 0.6) is 5.75 Å². The Morgan fingerprint density at radius 3 is 2.38 bits per heavy atom. The number of nitrogens with one attached hydrogen (secondary N) is 1. The summed E-state index contributed by atoms with van der Waals surface area (Å²) in [5, 5.41) is 13.6. The molecule has 2 N–H and O–H groups in total. The van der Waals surface area contributed by atoms with Crippen LogP contribution in [0.1, 0.15) is 68.3 Å². The summed E-state index contributed by atoms with van der Waals surface area (Å²) in [5.41, 5.74) is -0.0916. The van der Waals surface area contributed by atoms with Crippen molar-refractivity contribution >= 4 is 16.9 Å². The van der Waals surface area contributed by atoms with Crippen molar-refractivity contribution < 1.29 is 14.3 Å². The number of aryl methyl sites for hydroxylation is 1. The smallest absolute Gasteiger partial charge is 0.353 e. The Hall–Kier alpha value is -2.34. The lowest BCUT2D eigenvalue weighted by Crippen LogP contribution is -2.31. The number of aromatic hydroxyl groups is 1. The molecule has 0 aliphatic carbocycles. The molecule has 160 valence electrons. The highest BCUT2D eigenvalue weighted by atomic mass is 16.4. The SMILES string of the molecule is CCCCN(CCCC)CCCCNC(=O)c1c(O)c2cccc(C)c2oc1=O. The van der Waals surface area contributed by atoms with E-state index in [0.717, 1.165) is 38.0 Å². The van der Waals surface area contributed by atoms with Crippen LogP contribution in [-0.4, -0.2) is 42.1 Å². The molecular weight excluding hydrogens is 368 g/mol. The van der Waals surface area contributed by atoms with E-state index in [1.807, 2.05) is 0 Å². The number of amides is 1. The number of benzene rings is 1. The van der Waals surface area contributed by atoms with E-state index in [2.05, 4.69) is 24.1 Å². The van der Waals surface area contributed by atoms with Crippen LogP contribution >= 0.6 is 0 Å². The first-order valence-corrected chi connectivity index (χ1v) is 10.8. The van der Waals surface area contributed by atoms with Gasteiger partial charge in [0.15, 0.2) is 5.56 Å². The normalized spacial score (nSPS) is 11.3. The Morgan fingerprint density at radius 2 is 1.72 bits per heavy atom. The average Bonchev–Trinajstić information content (AvgIpc) is 2.70. The van der Waals surface area contributed by atoms with Gasteiger partial charge in [0.05, 0.1) is 5.39 Å². The van der Waals surface area contributed by atoms with Crippen LogP contribution in [0.2, 0.25) is 0 Å². The topological polar surface area (TPSA) is 82.8 Å². The van der Waals surface area contributed by atoms with Crippen LogP contribution in [-0.2, 0) is 0 Å². The van der Waals surface area contributed by atoms with Crippen molar-refractivity contribution in [2.75, 3.05) is 26.2 Å². The number of hydrogen-bond donors (Lipinski definition) is 2. The zero-order chi connectivity index (χ0) is 21.2. The van der Waals surface area contributed by atoms with Gasteiger partial charge >= 0.3 is 5.63 Å². The Bertz CT molecular complexity index is 852. The standard InChI is InChI=1S/C23H34N2O4/c1-4-6-14-25(15-7-5-2)16-9-8-13-24-22(27)19-20(26)18-12-10-11-17(3)21(18)29-23(19)28/h10-12,26H,4-9,13-16H2,1-3H3,(H,24,27). The minimum Gasteiger partial charge on any atom is -0.506 e. The Morgan fingerprint density at radius 1 is 1.07 bits per heavy atom. The van der Waals surface area contributed by atoms with Crippen molar-refractivity contribution in [3.8, 4) is 5.75 Å². The van der Waals surface area contributed by atoms with E-state index in [1.54, 1.807) is 25.1 Å². The summed E-state index contributed by atoms with van der Waals surface area (Å²) in [4.78, 5) is 27.2. The maximum absolute atomic E-state index is 12.5. The maximum atomic E-state index is 12.5. The molecule has 6 nitrogen and oxygen atoms in total. The molecule has 1 aromatic heterocycles. The molecule has 1 amide bonds. The molecule has 0 fully saturated rings. The number of para-hydroxylation sites is 1. The van der Waals surface area contributed by atoms with E-state index in [-0.39, 0.29) is 11.3 Å². The van der Waals surface area contributed by atoms with Gasteiger partial charge in [-0.05, 0) is 63.9 Å². The van der Waals surface area contributed by atoms with Gasteiger partial charge < -0.3 is 19.7 Å². The number of hydrogen-bond acceptors (Lipinski definition) is 5. The number of fused-ring (bicyclic) bond motifs is 1. The highest BCUT2D eigenvalue weighted by Gasteiger charge is 2.21. The van der Waals surface area contributed by atoms with Crippen molar-refractivity contribution in [3.05, 3.63) is 39.7 Å². The van der Waals surface area contributed by atoms with Crippen LogP contribution < -0.4 is 10.9 Å². The van der Waals surface area contributed by atoms with Gasteiger partial charge in [-0.1, -0.05) is 38.8 Å². The lowest BCUT2D eigenvalue weighted by atomic mass is 10.1. The van der Waals surface area contributed by atoms with E-state index < -0.39 is 11.5 Å². The predicted octanol–water partition coefficient (Wildman–Crippen LogP) is 4.22. The Kier molecular flexibility index (Phi) is 9.19. The summed E-state index contributed by atoms with van der Waals surface area (Å²) in [7, 11) is 0. The third kappa shape index (κ3) is 6.32. The van der Waals surface area contributed by atoms with E-state index in [0.29, 0.717) is 17.5 Å². The summed E-state index contributed by atoms with van der Waals surface area (Å²) in [6.07, 6.45) is 6.59. The Balaban J connectivity index is 1.90. The maximum Gasteiger partial charge on any atom is 0.353 e. The highest BCUT2D eigenvalue weighted by Crippen LogP contribution is 2.28. The number of unbranched alkanes of at least 4 members (excludes halogenated alkanes) is 3. The zero-order valence-corrected chi connectivity index (χ0v) is 17.9. The molecule has 1 aromatic carbocycles. The second kappa shape index (κ2) is 11.6.